The van der Waals surface area contributed by atoms with Crippen LogP contribution in [0.5, 0.6) is 0 Å². The summed E-state index contributed by atoms with van der Waals surface area (Å²) in [4.78, 5) is 11.4. The predicted molar refractivity (Wildman–Crippen MR) is 82.3 cm³/mol. The van der Waals surface area contributed by atoms with E-state index in [1.165, 1.54) is 23.9 Å². The number of benzene rings is 1. The van der Waals surface area contributed by atoms with E-state index in [1.54, 1.807) is 6.26 Å². The summed E-state index contributed by atoms with van der Waals surface area (Å²) in [5.74, 6) is -0.821. The Labute approximate surface area is 129 Å². The molecule has 0 spiro atoms. The minimum Gasteiger partial charge on any atom is -0.377 e. The van der Waals surface area contributed by atoms with Crippen LogP contribution in [-0.2, 0) is 4.79 Å². The second-order valence-corrected chi connectivity index (χ2v) is 5.25. The van der Waals surface area contributed by atoms with Gasteiger partial charge in [-0.15, -0.1) is 10.2 Å². The fraction of sp³-hybridized carbons (Fsp3) is 0.100. The number of carbonyl (C=O) groups is 1. The first kappa shape index (κ1) is 16.1. The molecule has 1 aromatic carbocycles. The number of rotatable bonds is 3. The van der Waals surface area contributed by atoms with Gasteiger partial charge in [-0.1, -0.05) is 46.6 Å². The van der Waals surface area contributed by atoms with Crippen molar-refractivity contribution in [3.05, 3.63) is 32.8 Å². The molecule has 102 valence electrons. The number of hydrogen-bond acceptors (Lipinski definition) is 4. The van der Waals surface area contributed by atoms with Gasteiger partial charge in [-0.25, -0.2) is 0 Å². The summed E-state index contributed by atoms with van der Waals surface area (Å²) in [7, 11) is 0. The second-order valence-electron chi connectivity index (χ2n) is 3.20. The maximum atomic E-state index is 11.4. The second kappa shape index (κ2) is 7.00. The van der Waals surface area contributed by atoms with Crippen molar-refractivity contribution < 1.29 is 4.79 Å². The average Bonchev–Trinajstić information content (AvgIpc) is 2.34. The van der Waals surface area contributed by atoms with Crippen molar-refractivity contribution in [3.63, 3.8) is 0 Å². The van der Waals surface area contributed by atoms with E-state index >= 15 is 0 Å². The van der Waals surface area contributed by atoms with E-state index in [9.17, 15) is 4.79 Å². The van der Waals surface area contributed by atoms with Crippen molar-refractivity contribution in [1.82, 2.24) is 0 Å². The Kier molecular flexibility index (Phi) is 5.93. The number of primary amides is 1. The van der Waals surface area contributed by atoms with E-state index in [0.29, 0.717) is 5.02 Å². The summed E-state index contributed by atoms with van der Waals surface area (Å²) >= 11 is 18.9. The van der Waals surface area contributed by atoms with Gasteiger partial charge in [0, 0.05) is 10.6 Å². The lowest BCUT2D eigenvalue weighted by atomic mass is 10.1. The van der Waals surface area contributed by atoms with E-state index in [2.05, 4.69) is 10.2 Å². The molecule has 0 saturated carbocycles. The van der Waals surface area contributed by atoms with Crippen LogP contribution >= 0.6 is 46.6 Å². The zero-order valence-electron chi connectivity index (χ0n) is 9.65. The van der Waals surface area contributed by atoms with Crippen molar-refractivity contribution >= 4 is 63.4 Å². The molecule has 0 aliphatic carbocycles. The fourth-order valence-corrected chi connectivity index (χ4v) is 1.92. The van der Waals surface area contributed by atoms with Gasteiger partial charge >= 0.3 is 0 Å². The lowest BCUT2D eigenvalue weighted by molar-refractivity contribution is -0.111. The van der Waals surface area contributed by atoms with E-state index in [0.717, 1.165) is 0 Å². The third-order valence-corrected chi connectivity index (χ3v) is 3.46. The number of thioether (sulfide) groups is 1. The first-order valence-corrected chi connectivity index (χ1v) is 7.12. The van der Waals surface area contributed by atoms with Crippen LogP contribution in [-0.4, -0.2) is 23.0 Å². The molecule has 1 aromatic rings. The van der Waals surface area contributed by atoms with Gasteiger partial charge in [-0.05, 0) is 18.4 Å². The van der Waals surface area contributed by atoms with Crippen LogP contribution in [0.15, 0.2) is 22.3 Å². The molecule has 0 unspecified atom stereocenters. The van der Waals surface area contributed by atoms with Crippen LogP contribution in [0, 0.1) is 0 Å². The van der Waals surface area contributed by atoms with Crippen LogP contribution in [0.1, 0.15) is 5.56 Å². The molecule has 1 rings (SSSR count). The largest absolute Gasteiger partial charge is 0.377 e. The fourth-order valence-electron chi connectivity index (χ4n) is 1.10. The van der Waals surface area contributed by atoms with Crippen LogP contribution < -0.4 is 11.5 Å². The molecule has 0 radical (unpaired) electrons. The van der Waals surface area contributed by atoms with Crippen molar-refractivity contribution in [3.8, 4) is 0 Å². The Bertz CT molecular complexity index is 574. The highest BCUT2D eigenvalue weighted by molar-refractivity contribution is 8.13. The topological polar surface area (TPSA) is 93.8 Å². The molecule has 0 fully saturated rings. The zero-order chi connectivity index (χ0) is 14.6. The van der Waals surface area contributed by atoms with E-state index in [1.807, 2.05) is 0 Å². The monoisotopic (exact) mass is 338 g/mol. The normalized spacial score (nSPS) is 12.6. The van der Waals surface area contributed by atoms with Crippen molar-refractivity contribution in [2.45, 2.75) is 0 Å². The Morgan fingerprint density at radius 3 is 2.37 bits per heavy atom. The summed E-state index contributed by atoms with van der Waals surface area (Å²) in [6.07, 6.45) is 1.71. The summed E-state index contributed by atoms with van der Waals surface area (Å²) in [6.45, 7) is 0. The highest BCUT2D eigenvalue weighted by atomic mass is 35.5. The van der Waals surface area contributed by atoms with E-state index in [4.69, 9.17) is 46.3 Å². The third-order valence-electron chi connectivity index (χ3n) is 1.94. The Morgan fingerprint density at radius 2 is 1.84 bits per heavy atom. The molecule has 4 N–H and O–H groups in total. The molecule has 5 nitrogen and oxygen atoms in total. The lowest BCUT2D eigenvalue weighted by Crippen LogP contribution is -2.24. The van der Waals surface area contributed by atoms with Gasteiger partial charge in [0.15, 0.2) is 10.9 Å². The Hall–Kier alpha value is -0.950. The van der Waals surface area contributed by atoms with Gasteiger partial charge in [0.2, 0.25) is 0 Å². The highest BCUT2D eigenvalue weighted by Crippen LogP contribution is 2.30. The number of hydrogen-bond donors (Lipinski definition) is 2. The third kappa shape index (κ3) is 4.28. The SMILES string of the molecule is CSC(N)=NN=C(C(N)=O)c1cc(Cl)cc(Cl)c1Cl. The molecule has 19 heavy (non-hydrogen) atoms. The van der Waals surface area contributed by atoms with E-state index in [-0.39, 0.29) is 26.5 Å². The summed E-state index contributed by atoms with van der Waals surface area (Å²) in [5, 5.41) is 8.08. The quantitative estimate of drug-likeness (QED) is 0.383. The highest BCUT2D eigenvalue weighted by Gasteiger charge is 2.17. The summed E-state index contributed by atoms with van der Waals surface area (Å²) in [6, 6.07) is 2.86. The Balaban J connectivity index is 3.40. The van der Waals surface area contributed by atoms with Gasteiger partial charge in [0.25, 0.3) is 5.91 Å². The van der Waals surface area contributed by atoms with Crippen LogP contribution in [0.25, 0.3) is 0 Å². The van der Waals surface area contributed by atoms with Gasteiger partial charge < -0.3 is 11.5 Å². The van der Waals surface area contributed by atoms with Gasteiger partial charge in [-0.3, -0.25) is 4.79 Å². The first-order valence-electron chi connectivity index (χ1n) is 4.76. The molecule has 0 bridgehead atoms. The van der Waals surface area contributed by atoms with Crippen LogP contribution in [0.2, 0.25) is 15.1 Å². The zero-order valence-corrected chi connectivity index (χ0v) is 12.7. The van der Waals surface area contributed by atoms with E-state index < -0.39 is 5.91 Å². The number of nitrogens with zero attached hydrogens (tertiary/aromatic N) is 2. The Morgan fingerprint density at radius 1 is 1.21 bits per heavy atom. The average molecular weight is 340 g/mol. The molecule has 0 saturated heterocycles. The van der Waals surface area contributed by atoms with Gasteiger partial charge in [0.05, 0.1) is 10.0 Å². The van der Waals surface area contributed by atoms with Crippen molar-refractivity contribution in [2.24, 2.45) is 21.7 Å². The number of nitrogens with two attached hydrogens (primary N) is 2. The summed E-state index contributed by atoms with van der Waals surface area (Å²) < 4.78 is 0. The number of amidine groups is 1. The number of amides is 1. The van der Waals surface area contributed by atoms with Gasteiger partial charge in [-0.2, -0.15) is 0 Å². The van der Waals surface area contributed by atoms with Crippen molar-refractivity contribution in [1.29, 1.82) is 0 Å². The smallest absolute Gasteiger partial charge is 0.269 e. The molecule has 1 amide bonds. The molecular weight excluding hydrogens is 331 g/mol. The van der Waals surface area contributed by atoms with Gasteiger partial charge in [0.1, 0.15) is 0 Å². The maximum Gasteiger partial charge on any atom is 0.269 e. The lowest BCUT2D eigenvalue weighted by Gasteiger charge is -2.06. The minimum atomic E-state index is -0.821. The molecule has 0 aliphatic rings. The minimum absolute atomic E-state index is 0.113. The van der Waals surface area contributed by atoms with Crippen LogP contribution in [0.4, 0.5) is 0 Å². The standard InChI is InChI=1S/C10H9Cl3N4OS/c1-19-10(15)17-16-8(9(14)18)5-2-4(11)3-6(12)7(5)13/h2-3H,1H3,(H2,14,18)(H2,15,17). The maximum absolute atomic E-state index is 11.4. The predicted octanol–water partition coefficient (Wildman–Crippen LogP) is 2.51. The molecule has 0 aromatic heterocycles. The molecule has 9 heteroatoms. The molecule has 0 aliphatic heterocycles. The number of carbonyl (C=O) groups excluding carboxylic acids is 1. The molecule has 0 heterocycles. The van der Waals surface area contributed by atoms with Crippen LogP contribution in [0.3, 0.4) is 0 Å². The number of halogens is 3. The summed E-state index contributed by atoms with van der Waals surface area (Å²) in [5.41, 5.74) is 10.7. The molecular formula is C10H9Cl3N4OS. The first-order chi connectivity index (χ1) is 8.86. The van der Waals surface area contributed by atoms with Crippen molar-refractivity contribution in [2.75, 3.05) is 6.26 Å². The molecule has 0 atom stereocenters.